The number of halogens is 1. The molecule has 0 aromatic heterocycles. The minimum absolute atomic E-state index is 0. The number of hydrogen-bond acceptors (Lipinski definition) is 4. The topological polar surface area (TPSA) is 82.1 Å². The second-order valence-electron chi connectivity index (χ2n) is 6.55. The van der Waals surface area contributed by atoms with E-state index in [0.29, 0.717) is 51.6 Å². The van der Waals surface area contributed by atoms with Gasteiger partial charge in [-0.25, -0.2) is 8.42 Å². The Hall–Kier alpha value is -0.580. The first-order chi connectivity index (χ1) is 11.2. The van der Waals surface area contributed by atoms with Crippen LogP contribution in [0, 0.1) is 0 Å². The van der Waals surface area contributed by atoms with Crippen LogP contribution in [0.2, 0.25) is 0 Å². The van der Waals surface area contributed by atoms with E-state index in [9.17, 15) is 13.2 Å². The van der Waals surface area contributed by atoms with Gasteiger partial charge in [0.2, 0.25) is 5.91 Å². The first-order valence-electron chi connectivity index (χ1n) is 8.71. The molecule has 148 valence electrons. The normalized spacial score (nSPS) is 19.1. The molecule has 1 fully saturated rings. The molecular formula is C16H33IN4O3S. The molecular weight excluding hydrogens is 455 g/mol. The summed E-state index contributed by atoms with van der Waals surface area (Å²) in [5, 5.41) is 3.20. The summed E-state index contributed by atoms with van der Waals surface area (Å²) in [6, 6.07) is 0. The molecule has 1 aliphatic heterocycles. The second kappa shape index (κ2) is 10.5. The van der Waals surface area contributed by atoms with Crippen molar-refractivity contribution in [2.24, 2.45) is 4.99 Å². The molecule has 9 heteroatoms. The highest BCUT2D eigenvalue weighted by Crippen LogP contribution is 2.23. The SMILES string of the molecule is CCNC(=NCCC(=O)N(CC)CC)N1CCS(=O)(=O)C(C)(C)C1.I. The lowest BCUT2D eigenvalue weighted by atomic mass is 10.2. The van der Waals surface area contributed by atoms with Crippen LogP contribution in [0.25, 0.3) is 0 Å². The summed E-state index contributed by atoms with van der Waals surface area (Å²) in [5.74, 6) is 0.914. The third-order valence-electron chi connectivity index (χ3n) is 4.38. The number of nitrogens with zero attached hydrogens (tertiary/aromatic N) is 3. The van der Waals surface area contributed by atoms with Crippen LogP contribution in [0.5, 0.6) is 0 Å². The third kappa shape index (κ3) is 6.58. The maximum absolute atomic E-state index is 12.1. The van der Waals surface area contributed by atoms with Gasteiger partial charge in [0.1, 0.15) is 0 Å². The monoisotopic (exact) mass is 488 g/mol. The lowest BCUT2D eigenvalue weighted by Gasteiger charge is -2.39. The van der Waals surface area contributed by atoms with E-state index >= 15 is 0 Å². The summed E-state index contributed by atoms with van der Waals surface area (Å²) in [6.07, 6.45) is 0.367. The van der Waals surface area contributed by atoms with Gasteiger partial charge in [-0.05, 0) is 34.6 Å². The highest BCUT2D eigenvalue weighted by Gasteiger charge is 2.40. The van der Waals surface area contributed by atoms with Crippen molar-refractivity contribution in [3.05, 3.63) is 0 Å². The van der Waals surface area contributed by atoms with Crippen LogP contribution in [0.4, 0.5) is 0 Å². The van der Waals surface area contributed by atoms with Crippen molar-refractivity contribution in [3.63, 3.8) is 0 Å². The van der Waals surface area contributed by atoms with Gasteiger partial charge in [0, 0.05) is 39.1 Å². The predicted molar refractivity (Wildman–Crippen MR) is 113 cm³/mol. The molecule has 1 aliphatic rings. The van der Waals surface area contributed by atoms with E-state index in [1.165, 1.54) is 0 Å². The summed E-state index contributed by atoms with van der Waals surface area (Å²) in [7, 11) is -3.08. The summed E-state index contributed by atoms with van der Waals surface area (Å²) >= 11 is 0. The number of carbonyl (C=O) groups excluding carboxylic acids is 1. The summed E-state index contributed by atoms with van der Waals surface area (Å²) in [5.41, 5.74) is 0. The number of nitrogens with one attached hydrogen (secondary N) is 1. The van der Waals surface area contributed by atoms with Crippen molar-refractivity contribution in [3.8, 4) is 0 Å². The Morgan fingerprint density at radius 3 is 2.32 bits per heavy atom. The Labute approximate surface area is 169 Å². The zero-order chi connectivity index (χ0) is 18.4. The van der Waals surface area contributed by atoms with Gasteiger partial charge in [0.15, 0.2) is 15.8 Å². The van der Waals surface area contributed by atoms with Gasteiger partial charge in [-0.3, -0.25) is 9.79 Å². The average molecular weight is 488 g/mol. The van der Waals surface area contributed by atoms with Gasteiger partial charge in [-0.1, -0.05) is 0 Å². The van der Waals surface area contributed by atoms with Crippen LogP contribution in [-0.2, 0) is 14.6 Å². The minimum Gasteiger partial charge on any atom is -0.357 e. The molecule has 25 heavy (non-hydrogen) atoms. The summed E-state index contributed by atoms with van der Waals surface area (Å²) < 4.78 is 23.5. The Morgan fingerprint density at radius 2 is 1.84 bits per heavy atom. The molecule has 1 rings (SSSR count). The lowest BCUT2D eigenvalue weighted by molar-refractivity contribution is -0.130. The number of amides is 1. The van der Waals surface area contributed by atoms with Gasteiger partial charge >= 0.3 is 0 Å². The summed E-state index contributed by atoms with van der Waals surface area (Å²) in [4.78, 5) is 20.4. The molecule has 0 saturated carbocycles. The molecule has 0 spiro atoms. The zero-order valence-electron chi connectivity index (χ0n) is 16.0. The van der Waals surface area contributed by atoms with Crippen molar-refractivity contribution in [2.75, 3.05) is 45.0 Å². The number of rotatable bonds is 6. The van der Waals surface area contributed by atoms with Gasteiger partial charge in [-0.2, -0.15) is 0 Å². The highest BCUT2D eigenvalue weighted by atomic mass is 127. The molecule has 7 nitrogen and oxygen atoms in total. The van der Waals surface area contributed by atoms with Crippen molar-refractivity contribution < 1.29 is 13.2 Å². The van der Waals surface area contributed by atoms with Crippen LogP contribution < -0.4 is 5.32 Å². The quantitative estimate of drug-likeness (QED) is 0.347. The van der Waals surface area contributed by atoms with Crippen molar-refractivity contribution in [1.82, 2.24) is 15.1 Å². The first-order valence-corrected chi connectivity index (χ1v) is 10.4. The highest BCUT2D eigenvalue weighted by molar-refractivity contribution is 14.0. The Kier molecular flexibility index (Phi) is 10.3. The number of carbonyl (C=O) groups is 1. The lowest BCUT2D eigenvalue weighted by Crippen LogP contribution is -2.57. The van der Waals surface area contributed by atoms with Crippen LogP contribution >= 0.6 is 24.0 Å². The first kappa shape index (κ1) is 24.4. The maximum Gasteiger partial charge on any atom is 0.224 e. The molecule has 0 radical (unpaired) electrons. The van der Waals surface area contributed by atoms with E-state index in [0.717, 1.165) is 0 Å². The van der Waals surface area contributed by atoms with E-state index in [2.05, 4.69) is 10.3 Å². The number of guanidine groups is 1. The van der Waals surface area contributed by atoms with Crippen molar-refractivity contribution >= 4 is 45.7 Å². The second-order valence-corrected chi connectivity index (χ2v) is 9.29. The molecule has 1 saturated heterocycles. The standard InChI is InChI=1S/C16H32N4O3S.HI/c1-6-17-15(18-10-9-14(21)19(7-2)8-3)20-11-12-24(22,23)16(4,5)13-20;/h6-13H2,1-5H3,(H,17,18);1H. The molecule has 0 aromatic carbocycles. The molecule has 0 aromatic rings. The molecule has 1 N–H and O–H groups in total. The fraction of sp³-hybridized carbons (Fsp3) is 0.875. The van der Waals surface area contributed by atoms with E-state index in [1.807, 2.05) is 25.7 Å². The zero-order valence-corrected chi connectivity index (χ0v) is 19.2. The molecule has 1 heterocycles. The fourth-order valence-electron chi connectivity index (χ4n) is 2.74. The van der Waals surface area contributed by atoms with Crippen molar-refractivity contribution in [2.45, 2.75) is 45.8 Å². The average Bonchev–Trinajstić information content (AvgIpc) is 2.50. The fourth-order valence-corrected chi connectivity index (χ4v) is 4.11. The smallest absolute Gasteiger partial charge is 0.224 e. The summed E-state index contributed by atoms with van der Waals surface area (Å²) in [6.45, 7) is 12.8. The maximum atomic E-state index is 12.1. The molecule has 0 unspecified atom stereocenters. The largest absolute Gasteiger partial charge is 0.357 e. The number of hydrogen-bond donors (Lipinski definition) is 1. The Bertz CT molecular complexity index is 560. The van der Waals surface area contributed by atoms with Crippen LogP contribution in [0.1, 0.15) is 41.0 Å². The Balaban J connectivity index is 0.00000576. The molecule has 1 amide bonds. The van der Waals surface area contributed by atoms with E-state index in [4.69, 9.17) is 0 Å². The molecule has 0 atom stereocenters. The van der Waals surface area contributed by atoms with Crippen LogP contribution in [0.3, 0.4) is 0 Å². The van der Waals surface area contributed by atoms with E-state index < -0.39 is 14.6 Å². The third-order valence-corrected chi connectivity index (χ3v) is 6.91. The van der Waals surface area contributed by atoms with Gasteiger partial charge in [0.25, 0.3) is 0 Å². The van der Waals surface area contributed by atoms with Crippen LogP contribution in [0.15, 0.2) is 4.99 Å². The van der Waals surface area contributed by atoms with Gasteiger partial charge in [0.05, 0.1) is 17.0 Å². The van der Waals surface area contributed by atoms with Crippen LogP contribution in [-0.4, -0.2) is 79.9 Å². The van der Waals surface area contributed by atoms with Gasteiger partial charge in [-0.15, -0.1) is 24.0 Å². The van der Waals surface area contributed by atoms with E-state index in [1.54, 1.807) is 18.7 Å². The minimum atomic E-state index is -3.08. The molecule has 0 aliphatic carbocycles. The number of sulfone groups is 1. The van der Waals surface area contributed by atoms with Gasteiger partial charge < -0.3 is 15.1 Å². The Morgan fingerprint density at radius 1 is 1.24 bits per heavy atom. The predicted octanol–water partition coefficient (Wildman–Crippen LogP) is 1.34. The molecule has 0 bridgehead atoms. The van der Waals surface area contributed by atoms with E-state index in [-0.39, 0.29) is 35.6 Å². The number of aliphatic imine (C=N–C) groups is 1. The van der Waals surface area contributed by atoms with Crippen molar-refractivity contribution in [1.29, 1.82) is 0 Å².